The summed E-state index contributed by atoms with van der Waals surface area (Å²) in [6.45, 7) is 2.63. The average molecular weight is 376 g/mol. The normalized spacial score (nSPS) is 11.4. The number of sulfonamides is 1. The first-order valence-electron chi connectivity index (χ1n) is 8.42. The molecule has 1 N–H and O–H groups in total. The van der Waals surface area contributed by atoms with Crippen molar-refractivity contribution in [2.45, 2.75) is 24.7 Å². The fraction of sp³-hybridized carbons (Fsp3) is 0.316. The van der Waals surface area contributed by atoms with Gasteiger partial charge in [-0.1, -0.05) is 25.5 Å². The number of hydrogen-bond donors (Lipinski definition) is 1. The number of nitrogens with zero attached hydrogens (tertiary/aromatic N) is 1. The maximum absolute atomic E-state index is 12.5. The van der Waals surface area contributed by atoms with Crippen LogP contribution in [0.1, 0.15) is 30.1 Å². The van der Waals surface area contributed by atoms with E-state index in [0.29, 0.717) is 23.6 Å². The molecule has 0 aromatic heterocycles. The molecule has 0 fully saturated rings. The molecule has 0 aliphatic rings. The second kappa shape index (κ2) is 8.82. The molecule has 2 aromatic rings. The van der Waals surface area contributed by atoms with E-state index < -0.39 is 10.0 Å². The van der Waals surface area contributed by atoms with Crippen LogP contribution < -0.4 is 10.1 Å². The van der Waals surface area contributed by atoms with Crippen molar-refractivity contribution >= 4 is 21.6 Å². The van der Waals surface area contributed by atoms with Crippen LogP contribution in [0.25, 0.3) is 0 Å². The number of carbonyl (C=O) groups excluding carboxylic acids is 1. The van der Waals surface area contributed by atoms with Gasteiger partial charge in [0.25, 0.3) is 5.91 Å². The van der Waals surface area contributed by atoms with Gasteiger partial charge in [-0.3, -0.25) is 4.79 Å². The van der Waals surface area contributed by atoms with Gasteiger partial charge in [0.15, 0.2) is 0 Å². The summed E-state index contributed by atoms with van der Waals surface area (Å²) in [6, 6.07) is 13.1. The summed E-state index contributed by atoms with van der Waals surface area (Å²) in [4.78, 5) is 12.7. The van der Waals surface area contributed by atoms with E-state index in [1.165, 1.54) is 26.2 Å². The molecule has 1 amide bonds. The Balaban J connectivity index is 2.13. The lowest BCUT2D eigenvalue weighted by Crippen LogP contribution is -2.22. The molecule has 2 rings (SSSR count). The van der Waals surface area contributed by atoms with Crippen molar-refractivity contribution < 1.29 is 17.9 Å². The molecule has 0 atom stereocenters. The van der Waals surface area contributed by atoms with Gasteiger partial charge >= 0.3 is 0 Å². The monoisotopic (exact) mass is 376 g/mol. The number of amides is 1. The van der Waals surface area contributed by atoms with Crippen LogP contribution in [-0.4, -0.2) is 39.3 Å². The third-order valence-electron chi connectivity index (χ3n) is 3.78. The number of ether oxygens (including phenoxy) is 1. The lowest BCUT2D eigenvalue weighted by Gasteiger charge is -2.13. The zero-order chi connectivity index (χ0) is 19.2. The molecular weight excluding hydrogens is 352 g/mol. The van der Waals surface area contributed by atoms with E-state index in [-0.39, 0.29) is 10.8 Å². The highest BCUT2D eigenvalue weighted by Crippen LogP contribution is 2.21. The van der Waals surface area contributed by atoms with E-state index in [1.807, 2.05) is 6.07 Å². The number of unbranched alkanes of at least 4 members (excludes halogenated alkanes) is 1. The fourth-order valence-corrected chi connectivity index (χ4v) is 3.13. The Morgan fingerprint density at radius 3 is 2.35 bits per heavy atom. The molecule has 2 aromatic carbocycles. The summed E-state index contributed by atoms with van der Waals surface area (Å²) in [6.07, 6.45) is 1.92. The van der Waals surface area contributed by atoms with Crippen LogP contribution in [0.15, 0.2) is 53.4 Å². The number of rotatable bonds is 8. The van der Waals surface area contributed by atoms with Crippen molar-refractivity contribution in [2.24, 2.45) is 0 Å². The zero-order valence-corrected chi connectivity index (χ0v) is 16.0. The minimum absolute atomic E-state index is 0.170. The van der Waals surface area contributed by atoms with Gasteiger partial charge in [-0.2, -0.15) is 0 Å². The van der Waals surface area contributed by atoms with Crippen LogP contribution in [0.2, 0.25) is 0 Å². The van der Waals surface area contributed by atoms with E-state index in [9.17, 15) is 13.2 Å². The highest BCUT2D eigenvalue weighted by Gasteiger charge is 2.17. The molecule has 0 spiro atoms. The van der Waals surface area contributed by atoms with Crippen molar-refractivity contribution in [1.29, 1.82) is 0 Å². The van der Waals surface area contributed by atoms with Crippen molar-refractivity contribution in [1.82, 2.24) is 4.31 Å². The van der Waals surface area contributed by atoms with E-state index in [1.54, 1.807) is 30.3 Å². The lowest BCUT2D eigenvalue weighted by molar-refractivity contribution is 0.102. The Morgan fingerprint density at radius 2 is 1.73 bits per heavy atom. The van der Waals surface area contributed by atoms with Gasteiger partial charge in [-0.05, 0) is 42.8 Å². The Bertz CT molecular complexity index is 846. The Morgan fingerprint density at radius 1 is 1.08 bits per heavy atom. The van der Waals surface area contributed by atoms with Crippen molar-refractivity contribution in [3.05, 3.63) is 54.1 Å². The van der Waals surface area contributed by atoms with Crippen molar-refractivity contribution in [3.8, 4) is 5.75 Å². The number of benzene rings is 2. The second-order valence-electron chi connectivity index (χ2n) is 5.96. The maximum atomic E-state index is 12.5. The summed E-state index contributed by atoms with van der Waals surface area (Å²) >= 11 is 0. The molecule has 0 radical (unpaired) electrons. The molecule has 0 saturated carbocycles. The van der Waals surface area contributed by atoms with Crippen LogP contribution in [0.5, 0.6) is 5.75 Å². The standard InChI is InChI=1S/C19H24N2O4S/c1-4-5-14-25-18-9-7-6-8-17(18)19(22)20-15-10-12-16(13-11-15)26(23,24)21(2)3/h6-13H,4-5,14H2,1-3H3,(H,20,22). The molecule has 0 bridgehead atoms. The van der Waals surface area contributed by atoms with E-state index in [0.717, 1.165) is 17.1 Å². The van der Waals surface area contributed by atoms with Crippen molar-refractivity contribution in [2.75, 3.05) is 26.0 Å². The average Bonchev–Trinajstić information content (AvgIpc) is 2.62. The highest BCUT2D eigenvalue weighted by molar-refractivity contribution is 7.89. The molecule has 6 nitrogen and oxygen atoms in total. The Kier molecular flexibility index (Phi) is 6.76. The molecule has 0 unspecified atom stereocenters. The van der Waals surface area contributed by atoms with Crippen LogP contribution in [0.4, 0.5) is 5.69 Å². The fourth-order valence-electron chi connectivity index (χ4n) is 2.23. The molecular formula is C19H24N2O4S. The van der Waals surface area contributed by atoms with Crippen molar-refractivity contribution in [3.63, 3.8) is 0 Å². The van der Waals surface area contributed by atoms with E-state index in [4.69, 9.17) is 4.74 Å². The summed E-state index contributed by atoms with van der Waals surface area (Å²) in [5.41, 5.74) is 0.949. The summed E-state index contributed by atoms with van der Waals surface area (Å²) in [5, 5.41) is 2.77. The molecule has 0 aliphatic heterocycles. The minimum Gasteiger partial charge on any atom is -0.493 e. The molecule has 0 saturated heterocycles. The summed E-state index contributed by atoms with van der Waals surface area (Å²) in [5.74, 6) is 0.227. The van der Waals surface area contributed by atoms with Gasteiger partial charge in [-0.15, -0.1) is 0 Å². The van der Waals surface area contributed by atoms with Crippen LogP contribution in [0.3, 0.4) is 0 Å². The second-order valence-corrected chi connectivity index (χ2v) is 8.12. The molecule has 0 heterocycles. The molecule has 7 heteroatoms. The summed E-state index contributed by atoms with van der Waals surface area (Å²) in [7, 11) is -0.548. The predicted octanol–water partition coefficient (Wildman–Crippen LogP) is 3.37. The number of hydrogen-bond acceptors (Lipinski definition) is 4. The maximum Gasteiger partial charge on any atom is 0.259 e. The van der Waals surface area contributed by atoms with E-state index in [2.05, 4.69) is 12.2 Å². The topological polar surface area (TPSA) is 75.7 Å². The SMILES string of the molecule is CCCCOc1ccccc1C(=O)Nc1ccc(S(=O)(=O)N(C)C)cc1. The smallest absolute Gasteiger partial charge is 0.259 e. The largest absolute Gasteiger partial charge is 0.493 e. The lowest BCUT2D eigenvalue weighted by atomic mass is 10.2. The Labute approximate surface area is 154 Å². The summed E-state index contributed by atoms with van der Waals surface area (Å²) < 4.78 is 31.0. The van der Waals surface area contributed by atoms with Gasteiger partial charge in [0.2, 0.25) is 10.0 Å². The predicted molar refractivity (Wildman–Crippen MR) is 102 cm³/mol. The third kappa shape index (κ3) is 4.83. The van der Waals surface area contributed by atoms with Gasteiger partial charge in [0.1, 0.15) is 5.75 Å². The highest BCUT2D eigenvalue weighted by atomic mass is 32.2. The molecule has 140 valence electrons. The quantitative estimate of drug-likeness (QED) is 0.717. The number of anilines is 1. The first-order chi connectivity index (χ1) is 12.4. The number of carbonyl (C=O) groups is 1. The van der Waals surface area contributed by atoms with E-state index >= 15 is 0 Å². The molecule has 26 heavy (non-hydrogen) atoms. The van der Waals surface area contributed by atoms with Gasteiger partial charge in [-0.25, -0.2) is 12.7 Å². The first-order valence-corrected chi connectivity index (χ1v) is 9.86. The number of nitrogens with one attached hydrogen (secondary N) is 1. The third-order valence-corrected chi connectivity index (χ3v) is 5.61. The van der Waals surface area contributed by atoms with Crippen LogP contribution >= 0.6 is 0 Å². The van der Waals surface area contributed by atoms with Crippen LogP contribution in [-0.2, 0) is 10.0 Å². The number of para-hydroxylation sites is 1. The molecule has 0 aliphatic carbocycles. The van der Waals surface area contributed by atoms with Gasteiger partial charge < -0.3 is 10.1 Å². The first kappa shape index (κ1) is 19.9. The van der Waals surface area contributed by atoms with Gasteiger partial charge in [0.05, 0.1) is 17.1 Å². The van der Waals surface area contributed by atoms with Gasteiger partial charge in [0, 0.05) is 19.8 Å². The Hall–Kier alpha value is -2.38. The minimum atomic E-state index is -3.49. The zero-order valence-electron chi connectivity index (χ0n) is 15.2. The van der Waals surface area contributed by atoms with Crippen LogP contribution in [0, 0.1) is 0 Å².